The Morgan fingerprint density at radius 3 is 2.59 bits per heavy atom. The van der Waals surface area contributed by atoms with Gasteiger partial charge in [0.15, 0.2) is 0 Å². The van der Waals surface area contributed by atoms with E-state index in [9.17, 15) is 25.3 Å². The minimum atomic E-state index is -0.985. The van der Waals surface area contributed by atoms with Crippen LogP contribution in [0.4, 0.5) is 11.4 Å². The fraction of sp³-hybridized carbons (Fsp3) is 0.500. The Balaban J connectivity index is 2.21. The molecule has 2 N–H and O–H groups in total. The van der Waals surface area contributed by atoms with E-state index in [1.807, 2.05) is 0 Å². The highest BCUT2D eigenvalue weighted by Crippen LogP contribution is 2.33. The molecule has 1 heterocycles. The van der Waals surface area contributed by atoms with Crippen LogP contribution in [-0.2, 0) is 4.74 Å². The summed E-state index contributed by atoms with van der Waals surface area (Å²) < 4.78 is 10.7. The molecule has 0 bridgehead atoms. The molecule has 1 aliphatic heterocycles. The number of aliphatic hydroxyl groups is 2. The first-order valence-electron chi connectivity index (χ1n) is 6.44. The number of hydrogen-bond acceptors (Lipinski definition) is 8. The van der Waals surface area contributed by atoms with Crippen LogP contribution in [-0.4, -0.2) is 45.2 Å². The highest BCUT2D eigenvalue weighted by molar-refractivity contribution is 5.53. The lowest BCUT2D eigenvalue weighted by molar-refractivity contribution is -0.395. The fourth-order valence-corrected chi connectivity index (χ4v) is 2.14. The maximum absolute atomic E-state index is 11.0. The molecular weight excluding hydrogens is 300 g/mol. The normalized spacial score (nSPS) is 24.7. The molecule has 1 aromatic carbocycles. The first kappa shape index (κ1) is 16.1. The Bertz CT molecular complexity index is 578. The summed E-state index contributed by atoms with van der Waals surface area (Å²) >= 11 is 0. The second-order valence-corrected chi connectivity index (χ2v) is 4.78. The van der Waals surface area contributed by atoms with Gasteiger partial charge in [0.2, 0.25) is 12.0 Å². The van der Waals surface area contributed by atoms with E-state index in [0.717, 1.165) is 18.2 Å². The van der Waals surface area contributed by atoms with E-state index in [1.165, 1.54) is 0 Å². The van der Waals surface area contributed by atoms with Crippen molar-refractivity contribution < 1.29 is 29.5 Å². The summed E-state index contributed by atoms with van der Waals surface area (Å²) in [6.07, 6.45) is -2.08. The maximum atomic E-state index is 11.0. The van der Waals surface area contributed by atoms with Gasteiger partial charge in [-0.3, -0.25) is 20.2 Å². The van der Waals surface area contributed by atoms with Gasteiger partial charge in [-0.15, -0.1) is 0 Å². The Labute approximate surface area is 124 Å². The van der Waals surface area contributed by atoms with E-state index >= 15 is 0 Å². The summed E-state index contributed by atoms with van der Waals surface area (Å²) in [7, 11) is 0. The number of nitro groups is 2. The first-order chi connectivity index (χ1) is 10.4. The van der Waals surface area contributed by atoms with E-state index in [0.29, 0.717) is 0 Å². The molecule has 0 aliphatic carbocycles. The highest BCUT2D eigenvalue weighted by atomic mass is 16.7. The van der Waals surface area contributed by atoms with Gasteiger partial charge in [0.25, 0.3) is 5.69 Å². The minimum absolute atomic E-state index is 0.0740. The van der Waals surface area contributed by atoms with Crippen LogP contribution >= 0.6 is 0 Å². The Morgan fingerprint density at radius 2 is 2.00 bits per heavy atom. The molecule has 0 spiro atoms. The van der Waals surface area contributed by atoms with Crippen molar-refractivity contribution in [1.29, 1.82) is 0 Å². The summed E-state index contributed by atoms with van der Waals surface area (Å²) in [6.45, 7) is -0.320. The number of nitro benzene ring substituents is 2. The largest absolute Gasteiger partial charge is 0.458 e. The van der Waals surface area contributed by atoms with Gasteiger partial charge in [-0.05, 0) is 6.07 Å². The third kappa shape index (κ3) is 3.67. The van der Waals surface area contributed by atoms with Crippen molar-refractivity contribution in [3.05, 3.63) is 38.4 Å². The van der Waals surface area contributed by atoms with Crippen LogP contribution in [0.1, 0.15) is 12.8 Å². The van der Waals surface area contributed by atoms with Crippen molar-refractivity contribution in [1.82, 2.24) is 0 Å². The molecule has 22 heavy (non-hydrogen) atoms. The topological polar surface area (TPSA) is 145 Å². The molecule has 0 aromatic heterocycles. The monoisotopic (exact) mass is 314 g/mol. The van der Waals surface area contributed by atoms with E-state index < -0.39 is 39.7 Å². The van der Waals surface area contributed by atoms with Crippen molar-refractivity contribution in [3.8, 4) is 5.75 Å². The molecule has 10 nitrogen and oxygen atoms in total. The zero-order valence-electron chi connectivity index (χ0n) is 11.3. The summed E-state index contributed by atoms with van der Waals surface area (Å²) in [5.74, 6) is -0.202. The molecule has 3 atom stereocenters. The zero-order valence-corrected chi connectivity index (χ0v) is 11.3. The molecule has 1 aromatic rings. The van der Waals surface area contributed by atoms with Gasteiger partial charge >= 0.3 is 5.69 Å². The van der Waals surface area contributed by atoms with Crippen LogP contribution in [0.5, 0.6) is 5.75 Å². The van der Waals surface area contributed by atoms with E-state index in [-0.39, 0.29) is 25.2 Å². The second-order valence-electron chi connectivity index (χ2n) is 4.78. The van der Waals surface area contributed by atoms with Crippen molar-refractivity contribution in [2.45, 2.75) is 31.3 Å². The first-order valence-corrected chi connectivity index (χ1v) is 6.44. The quantitative estimate of drug-likeness (QED) is 0.597. The van der Waals surface area contributed by atoms with Gasteiger partial charge in [-0.2, -0.15) is 0 Å². The molecule has 120 valence electrons. The van der Waals surface area contributed by atoms with Gasteiger partial charge in [0.1, 0.15) is 0 Å². The van der Waals surface area contributed by atoms with Gasteiger partial charge in [0.05, 0.1) is 34.7 Å². The average Bonchev–Trinajstić information content (AvgIpc) is 2.46. The number of ether oxygens (including phenoxy) is 2. The van der Waals surface area contributed by atoms with Gasteiger partial charge in [-0.1, -0.05) is 0 Å². The molecule has 1 fully saturated rings. The summed E-state index contributed by atoms with van der Waals surface area (Å²) in [5, 5.41) is 40.4. The molecule has 2 rings (SSSR count). The van der Waals surface area contributed by atoms with E-state index in [4.69, 9.17) is 14.6 Å². The lowest BCUT2D eigenvalue weighted by atomic mass is 10.1. The second kappa shape index (κ2) is 6.64. The number of non-ortho nitro benzene ring substituents is 1. The molecular formula is C12H14N2O8. The molecule has 1 saturated heterocycles. The zero-order chi connectivity index (χ0) is 16.3. The predicted molar refractivity (Wildman–Crippen MR) is 71.4 cm³/mol. The predicted octanol–water partition coefficient (Wildman–Crippen LogP) is 0.740. The number of aliphatic hydroxyl groups excluding tert-OH is 2. The van der Waals surface area contributed by atoms with Crippen LogP contribution in [0, 0.1) is 20.2 Å². The number of hydrogen-bond donors (Lipinski definition) is 2. The lowest BCUT2D eigenvalue weighted by Crippen LogP contribution is -2.40. The lowest BCUT2D eigenvalue weighted by Gasteiger charge is -2.32. The van der Waals surface area contributed by atoms with Crippen molar-refractivity contribution in [3.63, 3.8) is 0 Å². The Hall–Kier alpha value is -2.30. The van der Waals surface area contributed by atoms with Gasteiger partial charge < -0.3 is 19.7 Å². The van der Waals surface area contributed by atoms with Crippen LogP contribution < -0.4 is 4.74 Å². The van der Waals surface area contributed by atoms with Crippen molar-refractivity contribution in [2.75, 3.05) is 6.61 Å². The molecule has 0 radical (unpaired) electrons. The highest BCUT2D eigenvalue weighted by Gasteiger charge is 2.31. The SMILES string of the molecule is O=[N+]([O-])c1ccc(OC2CC(O)CC(CO)O2)c([N+](=O)[O-])c1. The minimum Gasteiger partial charge on any atom is -0.458 e. The Kier molecular flexibility index (Phi) is 4.85. The smallest absolute Gasteiger partial charge is 0.317 e. The number of rotatable bonds is 5. The Morgan fingerprint density at radius 1 is 1.27 bits per heavy atom. The van der Waals surface area contributed by atoms with Crippen molar-refractivity contribution >= 4 is 11.4 Å². The van der Waals surface area contributed by atoms with Gasteiger partial charge in [-0.25, -0.2) is 0 Å². The van der Waals surface area contributed by atoms with Crippen LogP contribution in [0.2, 0.25) is 0 Å². The molecule has 10 heteroatoms. The molecule has 3 unspecified atom stereocenters. The number of nitrogens with zero attached hydrogens (tertiary/aromatic N) is 2. The third-order valence-corrected chi connectivity index (χ3v) is 3.16. The van der Waals surface area contributed by atoms with E-state index in [1.54, 1.807) is 0 Å². The molecule has 0 saturated carbocycles. The summed E-state index contributed by atoms with van der Waals surface area (Å²) in [6, 6.07) is 2.97. The van der Waals surface area contributed by atoms with Crippen LogP contribution in [0.25, 0.3) is 0 Å². The van der Waals surface area contributed by atoms with Crippen LogP contribution in [0.3, 0.4) is 0 Å². The molecule has 0 amide bonds. The summed E-state index contributed by atoms with van der Waals surface area (Å²) in [5.41, 5.74) is -1.00. The fourth-order valence-electron chi connectivity index (χ4n) is 2.14. The van der Waals surface area contributed by atoms with Gasteiger partial charge in [0, 0.05) is 18.9 Å². The maximum Gasteiger partial charge on any atom is 0.317 e. The average molecular weight is 314 g/mol. The number of benzene rings is 1. The molecule has 1 aliphatic rings. The van der Waals surface area contributed by atoms with Crippen LogP contribution in [0.15, 0.2) is 18.2 Å². The summed E-state index contributed by atoms with van der Waals surface area (Å²) in [4.78, 5) is 20.1. The van der Waals surface area contributed by atoms with Crippen molar-refractivity contribution in [2.24, 2.45) is 0 Å². The standard InChI is InChI=1S/C12H14N2O8/c15-6-9-4-8(16)5-12(21-9)22-11-2-1-7(13(17)18)3-10(11)14(19)20/h1-3,8-9,12,15-16H,4-6H2. The van der Waals surface area contributed by atoms with E-state index in [2.05, 4.69) is 0 Å². The third-order valence-electron chi connectivity index (χ3n) is 3.16.